The van der Waals surface area contributed by atoms with Gasteiger partial charge in [-0.05, 0) is 156 Å². The Kier molecular flexibility index (Phi) is 9.09. The molecule has 61 heavy (non-hydrogen) atoms. The third kappa shape index (κ3) is 6.71. The Morgan fingerprint density at radius 1 is 0.443 bits per heavy atom. The smallest absolute Gasteiger partial charge is 0.252 e. The average molecular weight is 811 g/mol. The van der Waals surface area contributed by atoms with E-state index >= 15 is 0 Å². The van der Waals surface area contributed by atoms with E-state index in [1.54, 1.807) is 11.3 Å². The van der Waals surface area contributed by atoms with Crippen molar-refractivity contribution in [3.05, 3.63) is 173 Å². The Morgan fingerprint density at radius 3 is 1.61 bits per heavy atom. The van der Waals surface area contributed by atoms with E-state index in [0.29, 0.717) is 0 Å². The molecule has 2 aliphatic heterocycles. The molecule has 0 N–H and O–H groups in total. The van der Waals surface area contributed by atoms with Crippen LogP contribution in [0.15, 0.2) is 151 Å². The molecule has 8 aromatic rings. The van der Waals surface area contributed by atoms with E-state index in [1.165, 1.54) is 105 Å². The number of anilines is 6. The monoisotopic (exact) mass is 810 g/mol. The summed E-state index contributed by atoms with van der Waals surface area (Å²) in [6, 6.07) is 56.1. The van der Waals surface area contributed by atoms with Gasteiger partial charge >= 0.3 is 0 Å². The molecule has 302 valence electrons. The number of hydrogen-bond donors (Lipinski definition) is 0. The predicted molar refractivity (Wildman–Crippen MR) is 268 cm³/mol. The van der Waals surface area contributed by atoms with Crippen molar-refractivity contribution in [2.24, 2.45) is 0 Å². The molecule has 0 amide bonds. The lowest BCUT2D eigenvalue weighted by atomic mass is 9.33. The van der Waals surface area contributed by atoms with Crippen LogP contribution in [0.2, 0.25) is 0 Å². The van der Waals surface area contributed by atoms with Crippen molar-refractivity contribution in [2.75, 3.05) is 9.80 Å². The molecular formula is C57H55BN2S. The number of aryl methyl sites for hydroxylation is 1. The van der Waals surface area contributed by atoms with Gasteiger partial charge < -0.3 is 9.80 Å². The second-order valence-corrected chi connectivity index (χ2v) is 21.4. The van der Waals surface area contributed by atoms with Crippen molar-refractivity contribution in [1.29, 1.82) is 0 Å². The van der Waals surface area contributed by atoms with Gasteiger partial charge in [0.2, 0.25) is 0 Å². The highest BCUT2D eigenvalue weighted by atomic mass is 32.1. The molecular weight excluding hydrogens is 756 g/mol. The number of fused-ring (bicyclic) bond motifs is 5. The van der Waals surface area contributed by atoms with Crippen LogP contribution in [-0.2, 0) is 16.2 Å². The fourth-order valence-electron chi connectivity index (χ4n) is 9.63. The Bertz CT molecular complexity index is 2990. The third-order valence-electron chi connectivity index (χ3n) is 13.0. The van der Waals surface area contributed by atoms with E-state index in [1.807, 2.05) is 0 Å². The van der Waals surface area contributed by atoms with Gasteiger partial charge in [0.05, 0.1) is 5.69 Å². The lowest BCUT2D eigenvalue weighted by molar-refractivity contribution is 0.590. The van der Waals surface area contributed by atoms with Gasteiger partial charge in [0, 0.05) is 38.7 Å². The largest absolute Gasteiger partial charge is 0.311 e. The summed E-state index contributed by atoms with van der Waals surface area (Å²) in [6.45, 7) is 23.2. The SMILES string of the molecule is Cc1cc2c3c(c1)N(c1ccc(-c4ccc5sccc5c4)cc1-c1ccccc1)c1ccc(C(C)(C)C)cc1B3c1cc(C(C)(C)C)ccc1N2c1ccc(C(C)(C)C)cc1. The molecule has 0 radical (unpaired) electrons. The number of hydrogen-bond acceptors (Lipinski definition) is 3. The Labute approximate surface area is 367 Å². The average Bonchev–Trinajstić information content (AvgIpc) is 3.71. The third-order valence-corrected chi connectivity index (χ3v) is 13.9. The summed E-state index contributed by atoms with van der Waals surface area (Å²) in [7, 11) is 0. The minimum absolute atomic E-state index is 0.0122. The molecule has 0 bridgehead atoms. The molecule has 0 atom stereocenters. The first-order valence-electron chi connectivity index (χ1n) is 21.9. The lowest BCUT2D eigenvalue weighted by Crippen LogP contribution is -2.61. The first-order valence-corrected chi connectivity index (χ1v) is 22.7. The van der Waals surface area contributed by atoms with Gasteiger partial charge in [0.25, 0.3) is 6.71 Å². The molecule has 2 nitrogen and oxygen atoms in total. The van der Waals surface area contributed by atoms with Gasteiger partial charge in [0.15, 0.2) is 0 Å². The van der Waals surface area contributed by atoms with Crippen molar-refractivity contribution in [2.45, 2.75) is 85.5 Å². The summed E-state index contributed by atoms with van der Waals surface area (Å²) in [5.41, 5.74) is 21.6. The lowest BCUT2D eigenvalue weighted by Gasteiger charge is -2.45. The number of benzene rings is 7. The molecule has 0 saturated heterocycles. The van der Waals surface area contributed by atoms with Gasteiger partial charge in [-0.3, -0.25) is 0 Å². The van der Waals surface area contributed by atoms with Crippen molar-refractivity contribution >= 4 is 78.6 Å². The minimum Gasteiger partial charge on any atom is -0.311 e. The number of thiophene rings is 1. The maximum absolute atomic E-state index is 2.60. The molecule has 3 heterocycles. The highest BCUT2D eigenvalue weighted by molar-refractivity contribution is 7.17. The van der Waals surface area contributed by atoms with Crippen molar-refractivity contribution in [3.8, 4) is 22.3 Å². The topological polar surface area (TPSA) is 6.48 Å². The Balaban J connectivity index is 1.28. The van der Waals surface area contributed by atoms with Crippen LogP contribution in [0, 0.1) is 6.92 Å². The maximum atomic E-state index is 2.60. The van der Waals surface area contributed by atoms with Crippen molar-refractivity contribution in [1.82, 2.24) is 0 Å². The number of rotatable bonds is 4. The van der Waals surface area contributed by atoms with Crippen LogP contribution in [0.3, 0.4) is 0 Å². The van der Waals surface area contributed by atoms with E-state index in [-0.39, 0.29) is 23.0 Å². The van der Waals surface area contributed by atoms with Crippen molar-refractivity contribution < 1.29 is 0 Å². The van der Waals surface area contributed by atoms with E-state index in [4.69, 9.17) is 0 Å². The van der Waals surface area contributed by atoms with E-state index in [0.717, 1.165) is 0 Å². The second kappa shape index (κ2) is 14.1. The highest BCUT2D eigenvalue weighted by Crippen LogP contribution is 2.48. The van der Waals surface area contributed by atoms with Crippen LogP contribution in [0.25, 0.3) is 32.3 Å². The van der Waals surface area contributed by atoms with Gasteiger partial charge in [0.1, 0.15) is 0 Å². The summed E-state index contributed by atoms with van der Waals surface area (Å²) >= 11 is 1.80. The molecule has 7 aromatic carbocycles. The number of nitrogens with zero attached hydrogens (tertiary/aromatic N) is 2. The first-order chi connectivity index (χ1) is 29.0. The highest BCUT2D eigenvalue weighted by Gasteiger charge is 2.44. The summed E-state index contributed by atoms with van der Waals surface area (Å²) in [5.74, 6) is 0. The predicted octanol–water partition coefficient (Wildman–Crippen LogP) is 14.5. The summed E-state index contributed by atoms with van der Waals surface area (Å²) in [4.78, 5) is 5.15. The van der Waals surface area contributed by atoms with Gasteiger partial charge in [-0.25, -0.2) is 0 Å². The summed E-state index contributed by atoms with van der Waals surface area (Å²) in [6.07, 6.45) is 0. The summed E-state index contributed by atoms with van der Waals surface area (Å²) < 4.78 is 1.32. The summed E-state index contributed by atoms with van der Waals surface area (Å²) in [5, 5.41) is 3.48. The van der Waals surface area contributed by atoms with Crippen LogP contribution >= 0.6 is 11.3 Å². The Hall–Kier alpha value is -5.84. The van der Waals surface area contributed by atoms with E-state index in [2.05, 4.69) is 230 Å². The molecule has 0 fully saturated rings. The normalized spacial score (nSPS) is 13.6. The molecule has 1 aromatic heterocycles. The van der Waals surface area contributed by atoms with Crippen LogP contribution in [0.4, 0.5) is 34.1 Å². The molecule has 4 heteroatoms. The zero-order valence-electron chi connectivity index (χ0n) is 37.3. The van der Waals surface area contributed by atoms with Crippen molar-refractivity contribution in [3.63, 3.8) is 0 Å². The molecule has 10 rings (SSSR count). The molecule has 2 aliphatic rings. The van der Waals surface area contributed by atoms with Crippen LogP contribution in [0.5, 0.6) is 0 Å². The van der Waals surface area contributed by atoms with Gasteiger partial charge in [-0.15, -0.1) is 11.3 Å². The first kappa shape index (κ1) is 39.3. The molecule has 0 unspecified atom stereocenters. The minimum atomic E-state index is -0.0256. The zero-order chi connectivity index (χ0) is 42.6. The maximum Gasteiger partial charge on any atom is 0.252 e. The standard InChI is InChI=1S/C57H55BN2S/c1-36-30-51-54-52(31-36)60(48-24-16-39(33-45(48)37-14-12-11-13-15-37)38-17-27-53-40(32-38)28-29-61-53)50-26-21-43(57(8,9)10)35-47(50)58(54)46-34-42(56(5,6)7)20-25-49(46)59(51)44-22-18-41(19-23-44)55(2,3)4/h11-35H,1-10H3. The van der Waals surface area contributed by atoms with E-state index in [9.17, 15) is 0 Å². The van der Waals surface area contributed by atoms with Crippen LogP contribution in [0.1, 0.15) is 84.6 Å². The molecule has 0 saturated carbocycles. The second-order valence-electron chi connectivity index (χ2n) is 20.4. The zero-order valence-corrected chi connectivity index (χ0v) is 38.1. The van der Waals surface area contributed by atoms with Gasteiger partial charge in [-0.2, -0.15) is 0 Å². The Morgan fingerprint density at radius 2 is 0.984 bits per heavy atom. The fourth-order valence-corrected chi connectivity index (χ4v) is 10.4. The van der Waals surface area contributed by atoms with E-state index < -0.39 is 0 Å². The quantitative estimate of drug-likeness (QED) is 0.163. The van der Waals surface area contributed by atoms with Gasteiger partial charge in [-0.1, -0.05) is 141 Å². The fraction of sp³-hybridized carbons (Fsp3) is 0.228. The molecule has 0 spiro atoms. The van der Waals surface area contributed by atoms with Crippen LogP contribution < -0.4 is 26.2 Å². The molecule has 0 aliphatic carbocycles. The van der Waals surface area contributed by atoms with Crippen LogP contribution in [-0.4, -0.2) is 6.71 Å².